The Morgan fingerprint density at radius 1 is 1.36 bits per heavy atom. The van der Waals surface area contributed by atoms with Crippen LogP contribution in [0.3, 0.4) is 0 Å². The number of hydroxylamine groups is 1. The van der Waals surface area contributed by atoms with Gasteiger partial charge in [-0.2, -0.15) is 0 Å². The van der Waals surface area contributed by atoms with Gasteiger partial charge in [0, 0.05) is 30.2 Å². The number of hydrogen-bond donors (Lipinski definition) is 2. The molecular weight excluding hydrogens is 176 g/mol. The lowest BCUT2D eigenvalue weighted by Crippen LogP contribution is -2.07. The first kappa shape index (κ1) is 9.24. The minimum absolute atomic E-state index is 0.493. The van der Waals surface area contributed by atoms with Crippen LogP contribution in [0.5, 0.6) is 0 Å². The maximum atomic E-state index is 8.75. The number of fused-ring (bicyclic) bond motifs is 1. The summed E-state index contributed by atoms with van der Waals surface area (Å²) in [5.74, 6) is 0. The van der Waals surface area contributed by atoms with Gasteiger partial charge in [-0.15, -0.1) is 0 Å². The van der Waals surface area contributed by atoms with Gasteiger partial charge in [0.15, 0.2) is 0 Å². The first-order valence-electron chi connectivity index (χ1n) is 4.65. The third-order valence-corrected chi connectivity index (χ3v) is 2.79. The highest BCUT2D eigenvalue weighted by molar-refractivity contribution is 5.85. The zero-order valence-corrected chi connectivity index (χ0v) is 8.41. The zero-order valence-electron chi connectivity index (χ0n) is 8.41. The van der Waals surface area contributed by atoms with Crippen molar-refractivity contribution < 1.29 is 5.21 Å². The highest BCUT2D eigenvalue weighted by Gasteiger charge is 2.09. The Balaban J connectivity index is 2.74. The van der Waals surface area contributed by atoms with Gasteiger partial charge in [0.1, 0.15) is 0 Å². The fourth-order valence-electron chi connectivity index (χ4n) is 1.90. The maximum absolute atomic E-state index is 8.75. The van der Waals surface area contributed by atoms with Crippen molar-refractivity contribution in [3.8, 4) is 0 Å². The van der Waals surface area contributed by atoms with Gasteiger partial charge in [-0.1, -0.05) is 18.2 Å². The normalized spacial score (nSPS) is 11.1. The predicted molar refractivity (Wildman–Crippen MR) is 56.3 cm³/mol. The van der Waals surface area contributed by atoms with Crippen LogP contribution >= 0.6 is 0 Å². The third kappa shape index (κ3) is 1.22. The van der Waals surface area contributed by atoms with E-state index in [1.165, 1.54) is 16.6 Å². The molecule has 0 bridgehead atoms. The van der Waals surface area contributed by atoms with Gasteiger partial charge in [-0.25, -0.2) is 5.48 Å². The standard InChI is InChI=1S/C11H14N2O/c1-8-10(7-12-14)9-5-3-4-6-11(9)13(8)2/h3-6,12,14H,7H2,1-2H3. The molecule has 0 saturated heterocycles. The van der Waals surface area contributed by atoms with Crippen LogP contribution in [0.4, 0.5) is 0 Å². The minimum atomic E-state index is 0.493. The van der Waals surface area contributed by atoms with E-state index in [1.807, 2.05) is 19.2 Å². The highest BCUT2D eigenvalue weighted by Crippen LogP contribution is 2.24. The second-order valence-corrected chi connectivity index (χ2v) is 3.48. The summed E-state index contributed by atoms with van der Waals surface area (Å²) in [7, 11) is 2.04. The van der Waals surface area contributed by atoms with E-state index in [0.29, 0.717) is 6.54 Å². The number of aromatic nitrogens is 1. The molecule has 0 amide bonds. The summed E-state index contributed by atoms with van der Waals surface area (Å²) in [6, 6.07) is 8.21. The quantitative estimate of drug-likeness (QED) is 0.710. The Morgan fingerprint density at radius 2 is 2.07 bits per heavy atom. The summed E-state index contributed by atoms with van der Waals surface area (Å²) in [6.07, 6.45) is 0. The number of nitrogens with one attached hydrogen (secondary N) is 1. The largest absolute Gasteiger partial charge is 0.348 e. The molecule has 2 rings (SSSR count). The van der Waals surface area contributed by atoms with E-state index in [2.05, 4.69) is 29.1 Å². The number of benzene rings is 1. The number of hydrogen-bond acceptors (Lipinski definition) is 2. The molecule has 0 atom stereocenters. The van der Waals surface area contributed by atoms with Crippen molar-refractivity contribution >= 4 is 10.9 Å². The van der Waals surface area contributed by atoms with Gasteiger partial charge >= 0.3 is 0 Å². The molecule has 1 heterocycles. The average molecular weight is 190 g/mol. The molecule has 3 heteroatoms. The van der Waals surface area contributed by atoms with Gasteiger partial charge in [0.25, 0.3) is 0 Å². The van der Waals surface area contributed by atoms with Crippen molar-refractivity contribution in [2.75, 3.05) is 0 Å². The zero-order chi connectivity index (χ0) is 10.1. The third-order valence-electron chi connectivity index (χ3n) is 2.79. The topological polar surface area (TPSA) is 37.2 Å². The predicted octanol–water partition coefficient (Wildman–Crippen LogP) is 1.97. The van der Waals surface area contributed by atoms with Crippen molar-refractivity contribution in [1.82, 2.24) is 10.0 Å². The molecule has 0 spiro atoms. The van der Waals surface area contributed by atoms with Gasteiger partial charge < -0.3 is 9.77 Å². The number of rotatable bonds is 2. The molecule has 3 nitrogen and oxygen atoms in total. The van der Waals surface area contributed by atoms with Crippen LogP contribution in [0.25, 0.3) is 10.9 Å². The molecule has 2 N–H and O–H groups in total. The molecule has 0 unspecified atom stereocenters. The van der Waals surface area contributed by atoms with Crippen LogP contribution in [0.1, 0.15) is 11.3 Å². The summed E-state index contributed by atoms with van der Waals surface area (Å²) < 4.78 is 2.14. The molecule has 0 radical (unpaired) electrons. The van der Waals surface area contributed by atoms with E-state index >= 15 is 0 Å². The highest BCUT2D eigenvalue weighted by atomic mass is 16.5. The van der Waals surface area contributed by atoms with E-state index in [9.17, 15) is 0 Å². The maximum Gasteiger partial charge on any atom is 0.0483 e. The van der Waals surface area contributed by atoms with Crippen molar-refractivity contribution in [3.63, 3.8) is 0 Å². The van der Waals surface area contributed by atoms with Crippen LogP contribution in [0.15, 0.2) is 24.3 Å². The molecule has 1 aromatic heterocycles. The molecule has 1 aromatic carbocycles. The van der Waals surface area contributed by atoms with Gasteiger partial charge in [-0.3, -0.25) is 0 Å². The molecule has 74 valence electrons. The molecule has 0 aliphatic heterocycles. The summed E-state index contributed by atoms with van der Waals surface area (Å²) in [4.78, 5) is 0. The Bertz CT molecular complexity index is 460. The van der Waals surface area contributed by atoms with Crippen molar-refractivity contribution in [3.05, 3.63) is 35.5 Å². The first-order chi connectivity index (χ1) is 6.75. The summed E-state index contributed by atoms with van der Waals surface area (Å²) in [6.45, 7) is 2.56. The van der Waals surface area contributed by atoms with E-state index < -0.39 is 0 Å². The molecule has 0 aliphatic carbocycles. The Kier molecular flexibility index (Phi) is 2.27. The molecule has 0 aliphatic rings. The lowest BCUT2D eigenvalue weighted by atomic mass is 10.1. The number of para-hydroxylation sites is 1. The Morgan fingerprint density at radius 3 is 2.79 bits per heavy atom. The monoisotopic (exact) mass is 190 g/mol. The van der Waals surface area contributed by atoms with Crippen molar-refractivity contribution in [2.45, 2.75) is 13.5 Å². The molecule has 0 saturated carbocycles. The lowest BCUT2D eigenvalue weighted by molar-refractivity contribution is 0.161. The van der Waals surface area contributed by atoms with Crippen LogP contribution in [0, 0.1) is 6.92 Å². The molecule has 2 aromatic rings. The van der Waals surface area contributed by atoms with Crippen LogP contribution < -0.4 is 5.48 Å². The van der Waals surface area contributed by atoms with Crippen molar-refractivity contribution in [2.24, 2.45) is 7.05 Å². The smallest absolute Gasteiger partial charge is 0.0483 e. The fourth-order valence-corrected chi connectivity index (χ4v) is 1.90. The first-order valence-corrected chi connectivity index (χ1v) is 4.65. The average Bonchev–Trinajstić information content (AvgIpc) is 2.45. The van der Waals surface area contributed by atoms with E-state index in [1.54, 1.807) is 0 Å². The van der Waals surface area contributed by atoms with Gasteiger partial charge in [-0.05, 0) is 18.6 Å². The summed E-state index contributed by atoms with van der Waals surface area (Å²) in [5, 5.41) is 9.96. The van der Waals surface area contributed by atoms with Crippen LogP contribution in [-0.4, -0.2) is 9.77 Å². The van der Waals surface area contributed by atoms with Gasteiger partial charge in [0.2, 0.25) is 0 Å². The van der Waals surface area contributed by atoms with E-state index in [-0.39, 0.29) is 0 Å². The second kappa shape index (κ2) is 3.44. The van der Waals surface area contributed by atoms with Crippen LogP contribution in [-0.2, 0) is 13.6 Å². The number of nitrogens with zero attached hydrogens (tertiary/aromatic N) is 1. The van der Waals surface area contributed by atoms with E-state index in [4.69, 9.17) is 5.21 Å². The summed E-state index contributed by atoms with van der Waals surface area (Å²) >= 11 is 0. The molecule has 14 heavy (non-hydrogen) atoms. The lowest BCUT2D eigenvalue weighted by Gasteiger charge is -1.99. The minimum Gasteiger partial charge on any atom is -0.348 e. The number of aryl methyl sites for hydroxylation is 1. The Hall–Kier alpha value is -1.32. The van der Waals surface area contributed by atoms with E-state index in [0.717, 1.165) is 5.56 Å². The fraction of sp³-hybridized carbons (Fsp3) is 0.273. The molecule has 0 fully saturated rings. The SMILES string of the molecule is Cc1c(CNO)c2ccccc2n1C. The van der Waals surface area contributed by atoms with Gasteiger partial charge in [0.05, 0.1) is 0 Å². The van der Waals surface area contributed by atoms with Crippen molar-refractivity contribution in [1.29, 1.82) is 0 Å². The summed E-state index contributed by atoms with van der Waals surface area (Å²) in [5.41, 5.74) is 5.77. The molecular formula is C11H14N2O. The van der Waals surface area contributed by atoms with Crippen LogP contribution in [0.2, 0.25) is 0 Å². The Labute approximate surface area is 82.9 Å². The second-order valence-electron chi connectivity index (χ2n) is 3.48.